The lowest BCUT2D eigenvalue weighted by atomic mass is 10.2. The van der Waals surface area contributed by atoms with Crippen molar-refractivity contribution in [1.82, 2.24) is 14.9 Å². The number of nitrogens with zero attached hydrogens (tertiary/aromatic N) is 2. The van der Waals surface area contributed by atoms with Crippen molar-refractivity contribution in [2.75, 3.05) is 18.9 Å². The van der Waals surface area contributed by atoms with E-state index in [9.17, 15) is 4.79 Å². The van der Waals surface area contributed by atoms with E-state index in [0.717, 1.165) is 40.3 Å². The van der Waals surface area contributed by atoms with Crippen LogP contribution in [0.2, 0.25) is 0 Å². The molecule has 1 aliphatic heterocycles. The molecule has 2 heterocycles. The van der Waals surface area contributed by atoms with Crippen molar-refractivity contribution in [3.63, 3.8) is 0 Å². The number of aromatic nitrogens is 2. The second-order valence-electron chi connectivity index (χ2n) is 5.72. The molecule has 24 heavy (non-hydrogen) atoms. The molecule has 1 fully saturated rings. The predicted octanol–water partition coefficient (Wildman–Crippen LogP) is 3.24. The van der Waals surface area contributed by atoms with Crippen molar-refractivity contribution in [3.05, 3.63) is 34.9 Å². The fourth-order valence-electron chi connectivity index (χ4n) is 2.63. The standard InChI is InChI=1S/C17H20BrN3O2S/c1-21-15(12-4-6-13(18)7-5-12)10-20-17(21)24-11-16(22)19-9-14-3-2-8-23-14/h4-7,10,14H,2-3,8-9,11H2,1H3,(H,19,22). The summed E-state index contributed by atoms with van der Waals surface area (Å²) >= 11 is 4.89. The van der Waals surface area contributed by atoms with E-state index in [2.05, 4.69) is 26.2 Å². The van der Waals surface area contributed by atoms with Crippen molar-refractivity contribution >= 4 is 33.6 Å². The highest BCUT2D eigenvalue weighted by atomic mass is 79.9. The summed E-state index contributed by atoms with van der Waals surface area (Å²) in [4.78, 5) is 16.4. The van der Waals surface area contributed by atoms with Crippen LogP contribution in [0.4, 0.5) is 0 Å². The summed E-state index contributed by atoms with van der Waals surface area (Å²) in [6.45, 7) is 1.41. The van der Waals surface area contributed by atoms with Gasteiger partial charge in [0.05, 0.1) is 23.7 Å². The topological polar surface area (TPSA) is 56.2 Å². The molecule has 1 saturated heterocycles. The third kappa shape index (κ3) is 4.40. The Kier molecular flexibility index (Phi) is 5.97. The molecular formula is C17H20BrN3O2S. The number of ether oxygens (including phenoxy) is 1. The highest BCUT2D eigenvalue weighted by Gasteiger charge is 2.16. The summed E-state index contributed by atoms with van der Waals surface area (Å²) in [5.41, 5.74) is 2.13. The smallest absolute Gasteiger partial charge is 0.230 e. The third-order valence-corrected chi connectivity index (χ3v) is 5.54. The van der Waals surface area contributed by atoms with Crippen molar-refractivity contribution in [1.29, 1.82) is 0 Å². The Balaban J connectivity index is 1.54. The normalized spacial score (nSPS) is 17.2. The molecule has 3 rings (SSSR count). The zero-order chi connectivity index (χ0) is 16.9. The number of amides is 1. The van der Waals surface area contributed by atoms with E-state index >= 15 is 0 Å². The quantitative estimate of drug-likeness (QED) is 0.743. The number of halogens is 1. The molecule has 1 aromatic heterocycles. The van der Waals surface area contributed by atoms with Gasteiger partial charge in [-0.3, -0.25) is 4.79 Å². The first-order valence-corrected chi connectivity index (χ1v) is 9.70. The highest BCUT2D eigenvalue weighted by molar-refractivity contribution is 9.10. The van der Waals surface area contributed by atoms with Gasteiger partial charge in [0.25, 0.3) is 0 Å². The first-order chi connectivity index (χ1) is 11.6. The SMILES string of the molecule is Cn1c(-c2ccc(Br)cc2)cnc1SCC(=O)NCC1CCCO1. The second-order valence-corrected chi connectivity index (χ2v) is 7.58. The van der Waals surface area contributed by atoms with Gasteiger partial charge in [-0.2, -0.15) is 0 Å². The zero-order valence-electron chi connectivity index (χ0n) is 13.5. The van der Waals surface area contributed by atoms with Crippen LogP contribution in [0.5, 0.6) is 0 Å². The van der Waals surface area contributed by atoms with Gasteiger partial charge in [-0.05, 0) is 30.5 Å². The van der Waals surface area contributed by atoms with Crippen LogP contribution in [0, 0.1) is 0 Å². The maximum Gasteiger partial charge on any atom is 0.230 e. The minimum atomic E-state index is 0.0173. The van der Waals surface area contributed by atoms with Crippen LogP contribution in [-0.4, -0.2) is 40.5 Å². The predicted molar refractivity (Wildman–Crippen MR) is 99.1 cm³/mol. The second kappa shape index (κ2) is 8.18. The van der Waals surface area contributed by atoms with Crippen molar-refractivity contribution in [3.8, 4) is 11.3 Å². The number of thioether (sulfide) groups is 1. The van der Waals surface area contributed by atoms with Crippen molar-refractivity contribution in [2.45, 2.75) is 24.1 Å². The fraction of sp³-hybridized carbons (Fsp3) is 0.412. The Hall–Kier alpha value is -1.31. The van der Waals surface area contributed by atoms with E-state index in [4.69, 9.17) is 4.74 Å². The van der Waals surface area contributed by atoms with Gasteiger partial charge >= 0.3 is 0 Å². The van der Waals surface area contributed by atoms with Crippen LogP contribution in [0.15, 0.2) is 40.1 Å². The monoisotopic (exact) mass is 409 g/mol. The number of imidazole rings is 1. The zero-order valence-corrected chi connectivity index (χ0v) is 15.9. The van der Waals surface area contributed by atoms with Crippen LogP contribution < -0.4 is 5.32 Å². The Labute approximate surface area is 154 Å². The number of carbonyl (C=O) groups is 1. The lowest BCUT2D eigenvalue weighted by Crippen LogP contribution is -2.32. The van der Waals surface area contributed by atoms with Crippen LogP contribution in [0.1, 0.15) is 12.8 Å². The van der Waals surface area contributed by atoms with E-state index in [1.165, 1.54) is 11.8 Å². The molecule has 0 aliphatic carbocycles. The molecule has 128 valence electrons. The van der Waals surface area contributed by atoms with Crippen LogP contribution in [0.25, 0.3) is 11.3 Å². The summed E-state index contributed by atoms with van der Waals surface area (Å²) < 4.78 is 8.57. The molecule has 1 amide bonds. The molecular weight excluding hydrogens is 390 g/mol. The average Bonchev–Trinajstić information content (AvgIpc) is 3.22. The lowest BCUT2D eigenvalue weighted by molar-refractivity contribution is -0.119. The van der Waals surface area contributed by atoms with Crippen molar-refractivity contribution in [2.24, 2.45) is 7.05 Å². The Morgan fingerprint density at radius 1 is 1.46 bits per heavy atom. The number of hydrogen-bond acceptors (Lipinski definition) is 4. The number of rotatable bonds is 6. The van der Waals surface area contributed by atoms with Crippen LogP contribution in [-0.2, 0) is 16.6 Å². The average molecular weight is 410 g/mol. The Morgan fingerprint density at radius 3 is 2.96 bits per heavy atom. The lowest BCUT2D eigenvalue weighted by Gasteiger charge is -2.10. The molecule has 1 aliphatic rings. The third-order valence-electron chi connectivity index (χ3n) is 3.97. The summed E-state index contributed by atoms with van der Waals surface area (Å²) in [5.74, 6) is 0.376. The van der Waals surface area contributed by atoms with E-state index in [0.29, 0.717) is 12.3 Å². The molecule has 0 bridgehead atoms. The van der Waals surface area contributed by atoms with E-state index < -0.39 is 0 Å². The van der Waals surface area contributed by atoms with Crippen LogP contribution in [0.3, 0.4) is 0 Å². The largest absolute Gasteiger partial charge is 0.376 e. The van der Waals surface area contributed by atoms with Gasteiger partial charge in [-0.15, -0.1) is 0 Å². The Bertz CT molecular complexity index is 696. The van der Waals surface area contributed by atoms with E-state index in [1.807, 2.05) is 42.1 Å². The first-order valence-electron chi connectivity index (χ1n) is 7.92. The number of carbonyl (C=O) groups excluding carboxylic acids is 1. The maximum absolute atomic E-state index is 12.0. The summed E-state index contributed by atoms with van der Waals surface area (Å²) in [5, 5.41) is 3.77. The Morgan fingerprint density at radius 2 is 2.25 bits per heavy atom. The fourth-order valence-corrected chi connectivity index (χ4v) is 3.68. The number of hydrogen-bond donors (Lipinski definition) is 1. The van der Waals surface area contributed by atoms with Gasteiger partial charge in [0.2, 0.25) is 5.91 Å². The van der Waals surface area contributed by atoms with E-state index in [-0.39, 0.29) is 12.0 Å². The minimum absolute atomic E-state index is 0.0173. The molecule has 0 spiro atoms. The molecule has 1 aromatic carbocycles. The molecule has 0 radical (unpaired) electrons. The molecule has 7 heteroatoms. The molecule has 0 saturated carbocycles. The summed E-state index contributed by atoms with van der Waals surface area (Å²) in [6.07, 6.45) is 4.14. The highest BCUT2D eigenvalue weighted by Crippen LogP contribution is 2.26. The van der Waals surface area contributed by atoms with Gasteiger partial charge < -0.3 is 14.6 Å². The summed E-state index contributed by atoms with van der Waals surface area (Å²) in [7, 11) is 1.97. The van der Waals surface area contributed by atoms with Gasteiger partial charge in [-0.1, -0.05) is 39.8 Å². The van der Waals surface area contributed by atoms with Gasteiger partial charge in [0.1, 0.15) is 0 Å². The molecule has 1 N–H and O–H groups in total. The molecule has 2 aromatic rings. The molecule has 1 atom stereocenters. The molecule has 5 nitrogen and oxygen atoms in total. The first kappa shape index (κ1) is 17.5. The number of nitrogens with one attached hydrogen (secondary N) is 1. The maximum atomic E-state index is 12.0. The van der Waals surface area contributed by atoms with Crippen molar-refractivity contribution < 1.29 is 9.53 Å². The molecule has 1 unspecified atom stereocenters. The van der Waals surface area contributed by atoms with Gasteiger partial charge in [-0.25, -0.2) is 4.98 Å². The van der Waals surface area contributed by atoms with E-state index in [1.54, 1.807) is 0 Å². The minimum Gasteiger partial charge on any atom is -0.376 e. The van der Waals surface area contributed by atoms with Crippen LogP contribution >= 0.6 is 27.7 Å². The summed E-state index contributed by atoms with van der Waals surface area (Å²) in [6, 6.07) is 8.11. The van der Waals surface area contributed by atoms with Gasteiger partial charge in [0.15, 0.2) is 5.16 Å². The van der Waals surface area contributed by atoms with Gasteiger partial charge in [0, 0.05) is 24.7 Å². The number of benzene rings is 1.